The van der Waals surface area contributed by atoms with Gasteiger partial charge < -0.3 is 5.32 Å². The molecule has 1 saturated carbocycles. The van der Waals surface area contributed by atoms with Crippen LogP contribution in [0.5, 0.6) is 0 Å². The smallest absolute Gasteiger partial charge is 0.233 e. The van der Waals surface area contributed by atoms with Gasteiger partial charge in [0.05, 0.1) is 5.25 Å². The third-order valence-electron chi connectivity index (χ3n) is 3.19. The maximum atomic E-state index is 11.9. The van der Waals surface area contributed by atoms with Gasteiger partial charge in [0.2, 0.25) is 5.91 Å². The molecule has 1 atom stereocenters. The van der Waals surface area contributed by atoms with Gasteiger partial charge >= 0.3 is 0 Å². The van der Waals surface area contributed by atoms with E-state index in [1.165, 1.54) is 44.9 Å². The van der Waals surface area contributed by atoms with Crippen LogP contribution >= 0.6 is 11.8 Å². The molecule has 3 heteroatoms. The maximum absolute atomic E-state index is 11.9. The lowest BCUT2D eigenvalue weighted by Gasteiger charge is -2.24. The Hall–Kier alpha value is -0.180. The minimum absolute atomic E-state index is 0.119. The number of carbonyl (C=O) groups is 1. The van der Waals surface area contributed by atoms with Crippen LogP contribution in [0, 0.1) is 0 Å². The number of hydrogen-bond donors (Lipinski definition) is 1. The van der Waals surface area contributed by atoms with Crippen molar-refractivity contribution in [1.82, 2.24) is 5.32 Å². The van der Waals surface area contributed by atoms with Gasteiger partial charge in [0, 0.05) is 6.04 Å². The molecule has 0 aromatic heterocycles. The number of hydrogen-bond acceptors (Lipinski definition) is 2. The summed E-state index contributed by atoms with van der Waals surface area (Å²) in [6, 6.07) is 0.454. The van der Waals surface area contributed by atoms with Crippen LogP contribution in [0.25, 0.3) is 0 Å². The Kier molecular flexibility index (Phi) is 6.93. The number of thioether (sulfide) groups is 1. The average Bonchev–Trinajstić information content (AvgIpc) is 2.30. The quantitative estimate of drug-likeness (QED) is 0.725. The molecule has 16 heavy (non-hydrogen) atoms. The van der Waals surface area contributed by atoms with Crippen LogP contribution in [0.4, 0.5) is 0 Å². The van der Waals surface area contributed by atoms with E-state index >= 15 is 0 Å². The molecular weight excluding hydrogens is 218 g/mol. The number of rotatable bonds is 6. The van der Waals surface area contributed by atoms with Gasteiger partial charge in [0.15, 0.2) is 0 Å². The molecule has 0 aliphatic heterocycles. The van der Waals surface area contributed by atoms with E-state index < -0.39 is 0 Å². The van der Waals surface area contributed by atoms with Crippen molar-refractivity contribution in [2.24, 2.45) is 0 Å². The zero-order chi connectivity index (χ0) is 11.8. The average molecular weight is 243 g/mol. The number of carbonyl (C=O) groups excluding carboxylic acids is 1. The summed E-state index contributed by atoms with van der Waals surface area (Å²) in [5.41, 5.74) is 0. The molecule has 0 spiro atoms. The summed E-state index contributed by atoms with van der Waals surface area (Å²) in [5, 5.41) is 3.30. The molecule has 0 heterocycles. The van der Waals surface area contributed by atoms with Crippen LogP contribution in [-0.4, -0.2) is 23.0 Å². The van der Waals surface area contributed by atoms with Crippen molar-refractivity contribution in [3.8, 4) is 0 Å². The van der Waals surface area contributed by atoms with Gasteiger partial charge in [-0.15, -0.1) is 11.8 Å². The zero-order valence-corrected chi connectivity index (χ0v) is 11.4. The summed E-state index contributed by atoms with van der Waals surface area (Å²) in [4.78, 5) is 11.9. The molecule has 1 amide bonds. The van der Waals surface area contributed by atoms with Crippen molar-refractivity contribution >= 4 is 17.7 Å². The molecule has 1 aliphatic carbocycles. The van der Waals surface area contributed by atoms with Crippen molar-refractivity contribution in [2.45, 2.75) is 70.1 Å². The maximum Gasteiger partial charge on any atom is 0.233 e. The SMILES string of the molecule is CCCCSC(C)C(=O)NC1CCCCC1. The molecule has 0 saturated heterocycles. The number of amides is 1. The topological polar surface area (TPSA) is 29.1 Å². The van der Waals surface area contributed by atoms with Crippen LogP contribution < -0.4 is 5.32 Å². The lowest BCUT2D eigenvalue weighted by Crippen LogP contribution is -2.40. The van der Waals surface area contributed by atoms with Crippen LogP contribution in [0.15, 0.2) is 0 Å². The van der Waals surface area contributed by atoms with Crippen molar-refractivity contribution in [3.63, 3.8) is 0 Å². The van der Waals surface area contributed by atoms with E-state index in [9.17, 15) is 4.79 Å². The molecule has 1 unspecified atom stereocenters. The standard InChI is InChI=1S/C13H25NOS/c1-3-4-10-16-11(2)13(15)14-12-8-6-5-7-9-12/h11-12H,3-10H2,1-2H3,(H,14,15). The highest BCUT2D eigenvalue weighted by molar-refractivity contribution is 8.00. The molecular formula is C13H25NOS. The van der Waals surface area contributed by atoms with Gasteiger partial charge in [-0.2, -0.15) is 0 Å². The lowest BCUT2D eigenvalue weighted by molar-refractivity contribution is -0.121. The van der Waals surface area contributed by atoms with Crippen molar-refractivity contribution in [3.05, 3.63) is 0 Å². The highest BCUT2D eigenvalue weighted by Crippen LogP contribution is 2.19. The van der Waals surface area contributed by atoms with Gasteiger partial charge in [-0.25, -0.2) is 0 Å². The van der Waals surface area contributed by atoms with Crippen molar-refractivity contribution in [1.29, 1.82) is 0 Å². The van der Waals surface area contributed by atoms with Gasteiger partial charge in [0.25, 0.3) is 0 Å². The van der Waals surface area contributed by atoms with E-state index in [1.54, 1.807) is 11.8 Å². The normalized spacial score (nSPS) is 19.4. The van der Waals surface area contributed by atoms with E-state index in [-0.39, 0.29) is 11.2 Å². The van der Waals surface area contributed by atoms with Gasteiger partial charge in [-0.1, -0.05) is 32.6 Å². The summed E-state index contributed by atoms with van der Waals surface area (Å²) in [5.74, 6) is 1.35. The molecule has 1 fully saturated rings. The van der Waals surface area contributed by atoms with Crippen LogP contribution in [0.1, 0.15) is 58.8 Å². The summed E-state index contributed by atoms with van der Waals surface area (Å²) in [6.07, 6.45) is 8.68. The first-order chi connectivity index (χ1) is 7.74. The Bertz CT molecular complexity index is 202. The second kappa shape index (κ2) is 7.99. The Morgan fingerprint density at radius 1 is 1.38 bits per heavy atom. The van der Waals surface area contributed by atoms with Gasteiger partial charge in [0.1, 0.15) is 0 Å². The molecule has 1 N–H and O–H groups in total. The fourth-order valence-corrected chi connectivity index (χ4v) is 3.07. The molecule has 0 aromatic carbocycles. The monoisotopic (exact) mass is 243 g/mol. The second-order valence-corrected chi connectivity index (χ2v) is 6.16. The van der Waals surface area contributed by atoms with Crippen LogP contribution in [-0.2, 0) is 4.79 Å². The van der Waals surface area contributed by atoms with Gasteiger partial charge in [-0.3, -0.25) is 4.79 Å². The Labute approximate surface area is 104 Å². The minimum atomic E-state index is 0.119. The highest BCUT2D eigenvalue weighted by Gasteiger charge is 2.19. The Morgan fingerprint density at radius 2 is 2.06 bits per heavy atom. The van der Waals surface area contributed by atoms with E-state index in [1.807, 2.05) is 6.92 Å². The predicted octanol–water partition coefficient (Wildman–Crippen LogP) is 3.36. The van der Waals surface area contributed by atoms with Gasteiger partial charge in [-0.05, 0) is 31.9 Å². The molecule has 94 valence electrons. The van der Waals surface area contributed by atoms with Crippen LogP contribution in [0.3, 0.4) is 0 Å². The molecule has 0 radical (unpaired) electrons. The zero-order valence-electron chi connectivity index (χ0n) is 10.6. The molecule has 0 bridgehead atoms. The van der Waals surface area contributed by atoms with Crippen LogP contribution in [0.2, 0.25) is 0 Å². The summed E-state index contributed by atoms with van der Waals surface area (Å²) < 4.78 is 0. The second-order valence-electron chi connectivity index (χ2n) is 4.71. The van der Waals surface area contributed by atoms with E-state index in [4.69, 9.17) is 0 Å². The third kappa shape index (κ3) is 5.24. The van der Waals surface area contributed by atoms with Crippen molar-refractivity contribution < 1.29 is 4.79 Å². The summed E-state index contributed by atoms with van der Waals surface area (Å²) >= 11 is 1.79. The highest BCUT2D eigenvalue weighted by atomic mass is 32.2. The molecule has 0 aromatic rings. The Balaban J connectivity index is 2.16. The lowest BCUT2D eigenvalue weighted by atomic mass is 9.95. The minimum Gasteiger partial charge on any atom is -0.352 e. The fraction of sp³-hybridized carbons (Fsp3) is 0.923. The first kappa shape index (κ1) is 13.9. The molecule has 2 nitrogen and oxygen atoms in total. The van der Waals surface area contributed by atoms with E-state index in [2.05, 4.69) is 12.2 Å². The first-order valence-electron chi connectivity index (χ1n) is 6.66. The van der Waals surface area contributed by atoms with E-state index in [0.29, 0.717) is 6.04 Å². The summed E-state index contributed by atoms with van der Waals surface area (Å²) in [7, 11) is 0. The first-order valence-corrected chi connectivity index (χ1v) is 7.71. The largest absolute Gasteiger partial charge is 0.352 e. The third-order valence-corrected chi connectivity index (χ3v) is 4.42. The predicted molar refractivity (Wildman–Crippen MR) is 71.8 cm³/mol. The van der Waals surface area contributed by atoms with E-state index in [0.717, 1.165) is 5.75 Å². The summed E-state index contributed by atoms with van der Waals surface area (Å²) in [6.45, 7) is 4.21. The Morgan fingerprint density at radius 3 is 2.69 bits per heavy atom. The molecule has 1 rings (SSSR count). The molecule has 1 aliphatic rings. The number of unbranched alkanes of at least 4 members (excludes halogenated alkanes) is 1. The fourth-order valence-electron chi connectivity index (χ4n) is 2.05. The number of nitrogens with one attached hydrogen (secondary N) is 1. The van der Waals surface area contributed by atoms with Crippen molar-refractivity contribution in [2.75, 3.05) is 5.75 Å².